The lowest BCUT2D eigenvalue weighted by Crippen LogP contribution is -2.41. The van der Waals surface area contributed by atoms with Gasteiger partial charge in [0.2, 0.25) is 0 Å². The van der Waals surface area contributed by atoms with Crippen LogP contribution in [-0.2, 0) is 13.2 Å². The maximum Gasteiger partial charge on any atom is 0.431 e. The van der Waals surface area contributed by atoms with Gasteiger partial charge in [0, 0.05) is 13.1 Å². The summed E-state index contributed by atoms with van der Waals surface area (Å²) in [7, 11) is 0.937. The van der Waals surface area contributed by atoms with E-state index in [4.69, 9.17) is 28.6 Å². The van der Waals surface area contributed by atoms with Gasteiger partial charge in [-0.2, -0.15) is 13.2 Å². The Hall–Kier alpha value is -2.13. The first-order valence-corrected chi connectivity index (χ1v) is 8.12. The Bertz CT molecular complexity index is 1070. The molecule has 2 heterocycles. The van der Waals surface area contributed by atoms with Crippen LogP contribution in [0.25, 0.3) is 5.69 Å². The number of thiocarbonyl (C=S) groups is 1. The second-order valence-corrected chi connectivity index (χ2v) is 7.07. The number of halogens is 4. The standard InChI is InChI=1S/C16H12ClF3N2O3S/c1-15(2)13(26)11-7(17)4-5-8(12(11)25-15)22-10(23)6-9(16(18,19)20)21(3)14(22)24/h4-6H,1-3H3. The molecule has 0 amide bonds. The van der Waals surface area contributed by atoms with Crippen LogP contribution in [0.2, 0.25) is 5.02 Å². The molecule has 26 heavy (non-hydrogen) atoms. The Labute approximate surface area is 155 Å². The Balaban J connectivity index is 2.36. The number of hydrogen-bond acceptors (Lipinski definition) is 4. The maximum atomic E-state index is 13.0. The van der Waals surface area contributed by atoms with E-state index >= 15 is 0 Å². The lowest BCUT2D eigenvalue weighted by atomic mass is 10.0. The van der Waals surface area contributed by atoms with Crippen LogP contribution in [0.15, 0.2) is 27.8 Å². The van der Waals surface area contributed by atoms with Gasteiger partial charge in [-0.05, 0) is 26.0 Å². The van der Waals surface area contributed by atoms with Crippen molar-refractivity contribution in [2.45, 2.75) is 25.6 Å². The molecule has 0 unspecified atom stereocenters. The van der Waals surface area contributed by atoms with Gasteiger partial charge in [-0.1, -0.05) is 23.8 Å². The summed E-state index contributed by atoms with van der Waals surface area (Å²) in [4.78, 5) is 25.2. The van der Waals surface area contributed by atoms with E-state index in [2.05, 4.69) is 0 Å². The maximum absolute atomic E-state index is 13.0. The van der Waals surface area contributed by atoms with Gasteiger partial charge >= 0.3 is 11.9 Å². The van der Waals surface area contributed by atoms with Crippen LogP contribution in [0.1, 0.15) is 25.1 Å². The summed E-state index contributed by atoms with van der Waals surface area (Å²) in [5.74, 6) is 0.0893. The summed E-state index contributed by atoms with van der Waals surface area (Å²) in [5.41, 5.74) is -4.23. The van der Waals surface area contributed by atoms with E-state index in [1.807, 2.05) is 0 Å². The van der Waals surface area contributed by atoms with Gasteiger partial charge < -0.3 is 4.74 Å². The highest BCUT2D eigenvalue weighted by molar-refractivity contribution is 7.81. The quantitative estimate of drug-likeness (QED) is 0.685. The molecule has 0 fully saturated rings. The molecule has 0 aliphatic carbocycles. The molecule has 2 aromatic rings. The van der Waals surface area contributed by atoms with Crippen LogP contribution in [0.3, 0.4) is 0 Å². The highest BCUT2D eigenvalue weighted by Crippen LogP contribution is 2.43. The average molecular weight is 405 g/mol. The topological polar surface area (TPSA) is 53.2 Å². The molecule has 1 aliphatic heterocycles. The average Bonchev–Trinajstić information content (AvgIpc) is 2.75. The third-order valence-electron chi connectivity index (χ3n) is 4.07. The van der Waals surface area contributed by atoms with E-state index in [-0.39, 0.29) is 16.5 Å². The van der Waals surface area contributed by atoms with E-state index in [0.717, 1.165) is 7.05 Å². The van der Waals surface area contributed by atoms with Gasteiger partial charge in [-0.15, -0.1) is 0 Å². The molecule has 10 heteroatoms. The molecular formula is C16H12ClF3N2O3S. The number of rotatable bonds is 1. The van der Waals surface area contributed by atoms with Gasteiger partial charge in [0.1, 0.15) is 11.3 Å². The van der Waals surface area contributed by atoms with Crippen molar-refractivity contribution < 1.29 is 17.9 Å². The van der Waals surface area contributed by atoms with E-state index in [0.29, 0.717) is 25.6 Å². The fraction of sp³-hybridized carbons (Fsp3) is 0.312. The van der Waals surface area contributed by atoms with Crippen LogP contribution in [-0.4, -0.2) is 19.6 Å². The van der Waals surface area contributed by atoms with Crippen molar-refractivity contribution in [1.82, 2.24) is 9.13 Å². The van der Waals surface area contributed by atoms with Crippen molar-refractivity contribution in [2.24, 2.45) is 7.05 Å². The largest absolute Gasteiger partial charge is 0.479 e. The minimum absolute atomic E-state index is 0.0170. The molecule has 0 saturated carbocycles. The molecule has 3 rings (SSSR count). The highest BCUT2D eigenvalue weighted by atomic mass is 35.5. The summed E-state index contributed by atoms with van der Waals surface area (Å²) < 4.78 is 45.7. The molecular weight excluding hydrogens is 393 g/mol. The zero-order valence-electron chi connectivity index (χ0n) is 13.8. The molecule has 0 spiro atoms. The molecule has 138 valence electrons. The monoisotopic (exact) mass is 404 g/mol. The highest BCUT2D eigenvalue weighted by Gasteiger charge is 2.40. The van der Waals surface area contributed by atoms with Crippen LogP contribution < -0.4 is 16.0 Å². The number of aromatic nitrogens is 2. The minimum Gasteiger partial charge on any atom is -0.479 e. The second-order valence-electron chi connectivity index (χ2n) is 6.25. The van der Waals surface area contributed by atoms with Crippen LogP contribution >= 0.6 is 23.8 Å². The molecule has 0 radical (unpaired) electrons. The normalized spacial score (nSPS) is 15.7. The third-order valence-corrected chi connectivity index (χ3v) is 5.08. The first-order chi connectivity index (χ1) is 11.9. The molecule has 1 aliphatic rings. The van der Waals surface area contributed by atoms with Crippen LogP contribution in [0.5, 0.6) is 5.75 Å². The SMILES string of the molecule is Cn1c(C(F)(F)F)cc(=O)n(-c2ccc(Cl)c3c2OC(C)(C)C3=S)c1=O. The third kappa shape index (κ3) is 2.66. The lowest BCUT2D eigenvalue weighted by molar-refractivity contribution is -0.144. The molecule has 1 aromatic heterocycles. The number of nitrogens with zero attached hydrogens (tertiary/aromatic N) is 2. The van der Waals surface area contributed by atoms with Crippen molar-refractivity contribution in [3.63, 3.8) is 0 Å². The van der Waals surface area contributed by atoms with Gasteiger partial charge in [0.15, 0.2) is 5.75 Å². The smallest absolute Gasteiger partial charge is 0.431 e. The summed E-state index contributed by atoms with van der Waals surface area (Å²) in [5, 5.41) is 0.260. The van der Waals surface area contributed by atoms with Crippen molar-refractivity contribution >= 4 is 28.7 Å². The molecule has 0 atom stereocenters. The molecule has 1 aromatic carbocycles. The van der Waals surface area contributed by atoms with Crippen molar-refractivity contribution in [2.75, 3.05) is 0 Å². The van der Waals surface area contributed by atoms with Gasteiger partial charge in [-0.25, -0.2) is 9.36 Å². The van der Waals surface area contributed by atoms with Crippen LogP contribution in [0.4, 0.5) is 13.2 Å². The van der Waals surface area contributed by atoms with Gasteiger partial charge in [0.25, 0.3) is 5.56 Å². The first kappa shape index (κ1) is 18.7. The minimum atomic E-state index is -4.84. The van der Waals surface area contributed by atoms with Crippen LogP contribution in [0, 0.1) is 0 Å². The van der Waals surface area contributed by atoms with Crippen molar-refractivity contribution in [3.8, 4) is 11.4 Å². The summed E-state index contributed by atoms with van der Waals surface area (Å²) in [6.07, 6.45) is -4.84. The zero-order valence-corrected chi connectivity index (χ0v) is 15.3. The molecule has 0 N–H and O–H groups in total. The lowest BCUT2D eigenvalue weighted by Gasteiger charge is -2.19. The Morgan fingerprint density at radius 3 is 2.42 bits per heavy atom. The van der Waals surface area contributed by atoms with Gasteiger partial charge in [-0.3, -0.25) is 9.36 Å². The van der Waals surface area contributed by atoms with Crippen molar-refractivity contribution in [3.05, 3.63) is 55.3 Å². The Morgan fingerprint density at radius 1 is 1.23 bits per heavy atom. The molecule has 5 nitrogen and oxygen atoms in total. The first-order valence-electron chi connectivity index (χ1n) is 7.33. The summed E-state index contributed by atoms with van der Waals surface area (Å²) in [6.45, 7) is 3.37. The number of hydrogen-bond donors (Lipinski definition) is 0. The van der Waals surface area contributed by atoms with Crippen molar-refractivity contribution in [1.29, 1.82) is 0 Å². The van der Waals surface area contributed by atoms with Gasteiger partial charge in [0.05, 0.1) is 21.1 Å². The molecule has 0 saturated heterocycles. The summed E-state index contributed by atoms with van der Waals surface area (Å²) >= 11 is 11.5. The van der Waals surface area contributed by atoms with E-state index in [1.54, 1.807) is 13.8 Å². The fourth-order valence-electron chi connectivity index (χ4n) is 2.76. The van der Waals surface area contributed by atoms with E-state index in [1.165, 1.54) is 12.1 Å². The Kier molecular flexibility index (Phi) is 4.08. The van der Waals surface area contributed by atoms with E-state index < -0.39 is 28.7 Å². The second kappa shape index (κ2) is 5.68. The fourth-order valence-corrected chi connectivity index (χ4v) is 3.30. The Morgan fingerprint density at radius 2 is 1.85 bits per heavy atom. The molecule has 0 bridgehead atoms. The predicted octanol–water partition coefficient (Wildman–Crippen LogP) is 3.10. The predicted molar refractivity (Wildman–Crippen MR) is 93.7 cm³/mol. The number of fused-ring (bicyclic) bond motifs is 1. The number of benzene rings is 1. The number of ether oxygens (including phenoxy) is 1. The number of alkyl halides is 3. The summed E-state index contributed by atoms with van der Waals surface area (Å²) in [6, 6.07) is 3.11. The zero-order chi connectivity index (χ0) is 19.6. The van der Waals surface area contributed by atoms with E-state index in [9.17, 15) is 22.8 Å².